The van der Waals surface area contributed by atoms with Crippen LogP contribution in [0.1, 0.15) is 24.2 Å². The van der Waals surface area contributed by atoms with Gasteiger partial charge in [-0.2, -0.15) is 0 Å². The minimum absolute atomic E-state index is 0.664. The van der Waals surface area contributed by atoms with Gasteiger partial charge in [0.2, 0.25) is 0 Å². The summed E-state index contributed by atoms with van der Waals surface area (Å²) in [7, 11) is 7.66. The van der Waals surface area contributed by atoms with Gasteiger partial charge in [0.15, 0.2) is 0 Å². The summed E-state index contributed by atoms with van der Waals surface area (Å²) in [5, 5.41) is 4.85. The van der Waals surface area contributed by atoms with Crippen molar-refractivity contribution in [2.75, 3.05) is 27.3 Å². The van der Waals surface area contributed by atoms with E-state index in [-0.39, 0.29) is 0 Å². The fourth-order valence-electron chi connectivity index (χ4n) is 7.72. The molecule has 8 rings (SSSR count). The summed E-state index contributed by atoms with van der Waals surface area (Å²) in [6.07, 6.45) is 1.94. The zero-order valence-electron chi connectivity index (χ0n) is 30.3. The second kappa shape index (κ2) is 14.1. The first-order valence-corrected chi connectivity index (χ1v) is 17.9. The molecule has 0 aliphatic heterocycles. The number of hydrogen-bond acceptors (Lipinski definition) is 6. The Morgan fingerprint density at radius 1 is 0.577 bits per heavy atom. The number of aromatic nitrogens is 4. The van der Waals surface area contributed by atoms with Crippen LogP contribution in [0.3, 0.4) is 0 Å². The van der Waals surface area contributed by atoms with Crippen LogP contribution in [0.15, 0.2) is 109 Å². The Hall–Kier alpha value is -5.70. The molecular formula is C44H44N6O2. The summed E-state index contributed by atoms with van der Waals surface area (Å²) in [6.45, 7) is 2.87. The molecule has 4 heterocycles. The van der Waals surface area contributed by atoms with E-state index in [2.05, 4.69) is 113 Å². The predicted octanol–water partition coefficient (Wildman–Crippen LogP) is 8.86. The number of pyridine rings is 2. The second-order valence-corrected chi connectivity index (χ2v) is 13.5. The largest absolute Gasteiger partial charge is 0.497 e. The topological polar surface area (TPSA) is 83.4 Å². The molecule has 2 N–H and O–H groups in total. The normalized spacial score (nSPS) is 11.8. The molecule has 0 aliphatic carbocycles. The number of nitrogens with two attached hydrogens (primary N) is 1. The van der Waals surface area contributed by atoms with Crippen molar-refractivity contribution in [1.82, 2.24) is 24.0 Å². The van der Waals surface area contributed by atoms with Crippen LogP contribution >= 0.6 is 0 Å². The molecule has 262 valence electrons. The second-order valence-electron chi connectivity index (χ2n) is 13.5. The van der Waals surface area contributed by atoms with Gasteiger partial charge in [-0.1, -0.05) is 36.4 Å². The summed E-state index contributed by atoms with van der Waals surface area (Å²) in [5.41, 5.74) is 16.7. The maximum Gasteiger partial charge on any atom is 0.118 e. The molecule has 0 amide bonds. The molecule has 0 fully saturated rings. The van der Waals surface area contributed by atoms with Gasteiger partial charge in [-0.15, -0.1) is 0 Å². The lowest BCUT2D eigenvalue weighted by atomic mass is 10.1. The molecule has 0 saturated heterocycles. The zero-order chi connectivity index (χ0) is 35.8. The Morgan fingerprint density at radius 3 is 1.44 bits per heavy atom. The van der Waals surface area contributed by atoms with Gasteiger partial charge < -0.3 is 24.3 Å². The Labute approximate surface area is 304 Å². The highest BCUT2D eigenvalue weighted by atomic mass is 16.5. The fraction of sp³-hybridized carbons (Fsp3) is 0.227. The molecule has 52 heavy (non-hydrogen) atoms. The van der Waals surface area contributed by atoms with Gasteiger partial charge in [-0.05, 0) is 98.7 Å². The van der Waals surface area contributed by atoms with E-state index in [1.165, 1.54) is 32.6 Å². The Kier molecular flexibility index (Phi) is 9.09. The fourth-order valence-corrected chi connectivity index (χ4v) is 7.72. The SMILES string of the molecule is COc1ccc(-c2nc(CN(CCCCN)Cc3cc4c5ccccc5n(C)c4c(-c4ccc(OC)cc4)n3)cc3c4ccccc4n(C)c23)cc1. The average Bonchev–Trinajstić information content (AvgIpc) is 3.64. The average molecular weight is 689 g/mol. The van der Waals surface area contributed by atoms with Crippen LogP contribution in [0.5, 0.6) is 11.5 Å². The van der Waals surface area contributed by atoms with Crippen LogP contribution in [0, 0.1) is 0 Å². The van der Waals surface area contributed by atoms with Crippen LogP contribution in [0.4, 0.5) is 0 Å². The summed E-state index contributed by atoms with van der Waals surface area (Å²) < 4.78 is 15.5. The molecule has 0 spiro atoms. The minimum Gasteiger partial charge on any atom is -0.497 e. The molecule has 0 unspecified atom stereocenters. The van der Waals surface area contributed by atoms with Gasteiger partial charge >= 0.3 is 0 Å². The smallest absolute Gasteiger partial charge is 0.118 e. The molecular weight excluding hydrogens is 645 g/mol. The van der Waals surface area contributed by atoms with E-state index in [0.29, 0.717) is 19.6 Å². The van der Waals surface area contributed by atoms with Crippen molar-refractivity contribution in [2.24, 2.45) is 19.8 Å². The number of para-hydroxylation sites is 2. The van der Waals surface area contributed by atoms with E-state index in [9.17, 15) is 0 Å². The first kappa shape index (κ1) is 33.4. The van der Waals surface area contributed by atoms with Crippen molar-refractivity contribution in [3.63, 3.8) is 0 Å². The van der Waals surface area contributed by atoms with Gasteiger partial charge in [0.25, 0.3) is 0 Å². The van der Waals surface area contributed by atoms with Gasteiger partial charge in [-0.3, -0.25) is 4.90 Å². The quantitative estimate of drug-likeness (QED) is 0.129. The monoisotopic (exact) mass is 688 g/mol. The number of nitrogens with zero attached hydrogens (tertiary/aromatic N) is 5. The molecule has 0 bridgehead atoms. The lowest BCUT2D eigenvalue weighted by Crippen LogP contribution is -2.26. The number of fused-ring (bicyclic) bond motifs is 6. The van der Waals surface area contributed by atoms with E-state index in [0.717, 1.165) is 75.8 Å². The molecule has 0 aliphatic rings. The Balaban J connectivity index is 1.25. The highest BCUT2D eigenvalue weighted by Crippen LogP contribution is 2.37. The minimum atomic E-state index is 0.664. The Morgan fingerprint density at radius 2 is 1.02 bits per heavy atom. The highest BCUT2D eigenvalue weighted by Gasteiger charge is 2.21. The summed E-state index contributed by atoms with van der Waals surface area (Å²) in [5.74, 6) is 1.65. The van der Waals surface area contributed by atoms with Crippen molar-refractivity contribution >= 4 is 43.6 Å². The van der Waals surface area contributed by atoms with Crippen LogP contribution in [-0.2, 0) is 27.2 Å². The molecule has 0 saturated carbocycles. The molecule has 8 heteroatoms. The molecule has 4 aromatic carbocycles. The van der Waals surface area contributed by atoms with Crippen molar-refractivity contribution in [3.05, 3.63) is 121 Å². The van der Waals surface area contributed by atoms with Gasteiger partial charge in [0.05, 0.1) is 48.0 Å². The lowest BCUT2D eigenvalue weighted by molar-refractivity contribution is 0.246. The van der Waals surface area contributed by atoms with Crippen LogP contribution in [0.25, 0.3) is 66.1 Å². The standard InChI is InChI=1S/C44H44N6O2/c1-48-39-13-7-5-11-35(39)37-25-31(46-41(43(37)48)29-15-19-33(51-3)20-16-29)27-50(24-10-9-23-45)28-32-26-38-36-12-6-8-14-40(36)49(2)44(38)42(47-32)30-17-21-34(52-4)22-18-30/h5-8,11-22,25-26H,9-10,23-24,27-28,45H2,1-4H3. The van der Waals surface area contributed by atoms with Crippen LogP contribution < -0.4 is 15.2 Å². The van der Waals surface area contributed by atoms with Gasteiger partial charge in [0, 0.05) is 70.9 Å². The zero-order valence-corrected chi connectivity index (χ0v) is 30.3. The maximum atomic E-state index is 6.00. The number of methoxy groups -OCH3 is 2. The predicted molar refractivity (Wildman–Crippen MR) is 213 cm³/mol. The first-order chi connectivity index (χ1) is 25.5. The number of hydrogen-bond donors (Lipinski definition) is 1. The van der Waals surface area contributed by atoms with Gasteiger partial charge in [-0.25, -0.2) is 9.97 Å². The maximum absolute atomic E-state index is 6.00. The lowest BCUT2D eigenvalue weighted by Gasteiger charge is -2.23. The third-order valence-electron chi connectivity index (χ3n) is 10.3. The molecule has 8 nitrogen and oxygen atoms in total. The van der Waals surface area contributed by atoms with Crippen molar-refractivity contribution in [1.29, 1.82) is 0 Å². The van der Waals surface area contributed by atoms with Gasteiger partial charge in [0.1, 0.15) is 11.5 Å². The van der Waals surface area contributed by atoms with Crippen LogP contribution in [0.2, 0.25) is 0 Å². The van der Waals surface area contributed by atoms with Crippen LogP contribution in [-0.4, -0.2) is 51.3 Å². The van der Waals surface area contributed by atoms with E-state index < -0.39 is 0 Å². The number of rotatable bonds is 12. The van der Waals surface area contributed by atoms with E-state index in [4.69, 9.17) is 25.2 Å². The van der Waals surface area contributed by atoms with E-state index >= 15 is 0 Å². The summed E-state index contributed by atoms with van der Waals surface area (Å²) in [4.78, 5) is 13.3. The van der Waals surface area contributed by atoms with E-state index in [1.54, 1.807) is 14.2 Å². The number of benzene rings is 4. The summed E-state index contributed by atoms with van der Waals surface area (Å²) in [6, 6.07) is 38.2. The van der Waals surface area contributed by atoms with Crippen molar-refractivity contribution < 1.29 is 9.47 Å². The molecule has 4 aromatic heterocycles. The summed E-state index contributed by atoms with van der Waals surface area (Å²) >= 11 is 0. The van der Waals surface area contributed by atoms with Crippen molar-refractivity contribution in [2.45, 2.75) is 25.9 Å². The van der Waals surface area contributed by atoms with E-state index in [1.807, 2.05) is 24.3 Å². The highest BCUT2D eigenvalue weighted by molar-refractivity contribution is 6.13. The third-order valence-corrected chi connectivity index (χ3v) is 10.3. The number of aryl methyl sites for hydroxylation is 2. The number of unbranched alkanes of at least 4 members (excludes halogenated alkanes) is 1. The first-order valence-electron chi connectivity index (χ1n) is 17.9. The Bertz CT molecular complexity index is 2360. The van der Waals surface area contributed by atoms with Crippen molar-refractivity contribution in [3.8, 4) is 34.0 Å². The molecule has 8 aromatic rings. The third kappa shape index (κ3) is 6.04. The molecule has 0 atom stereocenters. The molecule has 0 radical (unpaired) electrons. The number of ether oxygens (including phenoxy) is 2.